The Hall–Kier alpha value is -3.92. The van der Waals surface area contributed by atoms with E-state index < -0.39 is 0 Å². The highest BCUT2D eigenvalue weighted by molar-refractivity contribution is 6.05. The lowest BCUT2D eigenvalue weighted by atomic mass is 10.1. The highest BCUT2D eigenvalue weighted by Crippen LogP contribution is 2.45. The van der Waals surface area contributed by atoms with Gasteiger partial charge < -0.3 is 19.9 Å². The number of aryl methyl sites for hydroxylation is 2. The average Bonchev–Trinajstić information content (AvgIpc) is 3.61. The molecule has 1 fully saturated rings. The van der Waals surface area contributed by atoms with Gasteiger partial charge in [0.05, 0.1) is 35.1 Å². The van der Waals surface area contributed by atoms with Gasteiger partial charge in [-0.05, 0) is 88.9 Å². The molecule has 0 spiro atoms. The van der Waals surface area contributed by atoms with Gasteiger partial charge in [0.1, 0.15) is 0 Å². The zero-order valence-corrected chi connectivity index (χ0v) is 22.8. The van der Waals surface area contributed by atoms with Gasteiger partial charge in [-0.2, -0.15) is 5.10 Å². The Balaban J connectivity index is 1.41. The maximum atomic E-state index is 13.7. The van der Waals surface area contributed by atoms with E-state index in [0.717, 1.165) is 60.3 Å². The van der Waals surface area contributed by atoms with Crippen molar-refractivity contribution >= 4 is 28.6 Å². The van der Waals surface area contributed by atoms with E-state index in [-0.39, 0.29) is 11.9 Å². The first-order chi connectivity index (χ1) is 19.0. The van der Waals surface area contributed by atoms with E-state index in [2.05, 4.69) is 48.8 Å². The SMILES string of the molecule is CNCCCNc1ccc2c(c1)nc1n2C(C2CC2)CCCOc2c(cnn2C)-c2cc(cc(C)n2)C(=O)N1. The van der Waals surface area contributed by atoms with E-state index in [0.29, 0.717) is 35.6 Å². The number of nitrogens with one attached hydrogen (secondary N) is 3. The van der Waals surface area contributed by atoms with Crippen LogP contribution in [0.4, 0.5) is 11.6 Å². The monoisotopic (exact) mass is 528 g/mol. The smallest absolute Gasteiger partial charge is 0.258 e. The molecule has 1 aliphatic carbocycles. The molecule has 1 amide bonds. The lowest BCUT2D eigenvalue weighted by Gasteiger charge is -2.22. The first-order valence-corrected chi connectivity index (χ1v) is 13.9. The number of nitrogens with zero attached hydrogens (tertiary/aromatic N) is 5. The number of imidazole rings is 1. The summed E-state index contributed by atoms with van der Waals surface area (Å²) < 4.78 is 10.3. The molecule has 4 aromatic rings. The molecule has 0 saturated heterocycles. The van der Waals surface area contributed by atoms with Gasteiger partial charge in [0, 0.05) is 36.6 Å². The van der Waals surface area contributed by atoms with E-state index in [1.807, 2.05) is 21.0 Å². The summed E-state index contributed by atoms with van der Waals surface area (Å²) in [6.07, 6.45) is 6.95. The second-order valence-electron chi connectivity index (χ2n) is 10.6. The molecule has 204 valence electrons. The van der Waals surface area contributed by atoms with Gasteiger partial charge in [0.25, 0.3) is 5.91 Å². The summed E-state index contributed by atoms with van der Waals surface area (Å²) in [6, 6.07) is 10.2. The zero-order valence-electron chi connectivity index (χ0n) is 22.8. The van der Waals surface area contributed by atoms with Crippen LogP contribution in [0.2, 0.25) is 0 Å². The van der Waals surface area contributed by atoms with E-state index in [1.165, 1.54) is 12.8 Å². The minimum atomic E-state index is -0.207. The van der Waals surface area contributed by atoms with Gasteiger partial charge in [0.15, 0.2) is 0 Å². The molecule has 39 heavy (non-hydrogen) atoms. The van der Waals surface area contributed by atoms with E-state index in [1.54, 1.807) is 23.0 Å². The van der Waals surface area contributed by atoms with Crippen molar-refractivity contribution < 1.29 is 9.53 Å². The topological polar surface area (TPSA) is 111 Å². The summed E-state index contributed by atoms with van der Waals surface area (Å²) in [7, 11) is 3.83. The third-order valence-electron chi connectivity index (χ3n) is 7.60. The van der Waals surface area contributed by atoms with Crippen molar-refractivity contribution in [1.82, 2.24) is 29.6 Å². The molecule has 10 nitrogen and oxygen atoms in total. The van der Waals surface area contributed by atoms with Crippen LogP contribution in [0.3, 0.4) is 0 Å². The third kappa shape index (κ3) is 5.21. The summed E-state index contributed by atoms with van der Waals surface area (Å²) in [5.41, 5.74) is 5.67. The molecule has 3 N–H and O–H groups in total. The van der Waals surface area contributed by atoms with Crippen LogP contribution in [-0.2, 0) is 7.05 Å². The maximum absolute atomic E-state index is 13.7. The van der Waals surface area contributed by atoms with Crippen LogP contribution in [0.5, 0.6) is 5.88 Å². The fraction of sp³-hybridized carbons (Fsp3) is 0.448. The largest absolute Gasteiger partial charge is 0.477 e. The van der Waals surface area contributed by atoms with Crippen molar-refractivity contribution in [2.24, 2.45) is 13.0 Å². The standard InChI is InChI=1S/C29H36N8O2/c1-18-14-20-15-23(33-18)22-17-32-36(3)28(22)39-13-4-6-25(19-7-8-19)37-26-10-9-21(31-12-5-11-30-2)16-24(26)34-29(37)35-27(20)38/h9-10,14-17,19,25,30-31H,4-8,11-13H2,1-3H3,(H,34,35,38). The van der Waals surface area contributed by atoms with Crippen LogP contribution in [0.25, 0.3) is 22.3 Å². The van der Waals surface area contributed by atoms with E-state index in [4.69, 9.17) is 9.72 Å². The van der Waals surface area contributed by atoms with Gasteiger partial charge in [0.2, 0.25) is 11.8 Å². The number of carbonyl (C=O) groups is 1. The summed E-state index contributed by atoms with van der Waals surface area (Å²) in [6.45, 7) is 4.31. The minimum absolute atomic E-state index is 0.207. The quantitative estimate of drug-likeness (QED) is 0.315. The van der Waals surface area contributed by atoms with Gasteiger partial charge in [-0.1, -0.05) is 0 Å². The summed E-state index contributed by atoms with van der Waals surface area (Å²) in [4.78, 5) is 23.3. The number of hydrogen-bond acceptors (Lipinski definition) is 7. The number of anilines is 2. The Morgan fingerprint density at radius 1 is 1.13 bits per heavy atom. The zero-order chi connectivity index (χ0) is 26.9. The third-order valence-corrected chi connectivity index (χ3v) is 7.60. The summed E-state index contributed by atoms with van der Waals surface area (Å²) in [5.74, 6) is 1.62. The number of aromatic nitrogens is 5. The molecule has 1 aromatic carbocycles. The van der Waals surface area contributed by atoms with Crippen LogP contribution >= 0.6 is 0 Å². The number of hydrogen-bond donors (Lipinski definition) is 3. The Labute approximate surface area is 228 Å². The fourth-order valence-electron chi connectivity index (χ4n) is 5.53. The van der Waals surface area contributed by atoms with Crippen LogP contribution < -0.4 is 20.7 Å². The molecular formula is C29H36N8O2. The van der Waals surface area contributed by atoms with Gasteiger partial charge in [-0.3, -0.25) is 15.1 Å². The Bertz CT molecular complexity index is 1500. The van der Waals surface area contributed by atoms with Crippen LogP contribution in [0.15, 0.2) is 36.5 Å². The van der Waals surface area contributed by atoms with Gasteiger partial charge >= 0.3 is 0 Å². The molecule has 1 atom stereocenters. The number of rotatable bonds is 6. The Morgan fingerprint density at radius 2 is 2.00 bits per heavy atom. The number of amides is 1. The normalized spacial score (nSPS) is 17.6. The van der Waals surface area contributed by atoms with Gasteiger partial charge in [-0.25, -0.2) is 9.67 Å². The molecular weight excluding hydrogens is 492 g/mol. The lowest BCUT2D eigenvalue weighted by molar-refractivity contribution is 0.102. The van der Waals surface area contributed by atoms with E-state index >= 15 is 0 Å². The lowest BCUT2D eigenvalue weighted by Crippen LogP contribution is -2.20. The molecule has 6 rings (SSSR count). The predicted octanol–water partition coefficient (Wildman–Crippen LogP) is 4.54. The number of benzene rings is 1. The molecule has 3 aromatic heterocycles. The first-order valence-electron chi connectivity index (χ1n) is 13.9. The number of fused-ring (bicyclic) bond motifs is 7. The van der Waals surface area contributed by atoms with Gasteiger partial charge in [-0.15, -0.1) is 0 Å². The van der Waals surface area contributed by atoms with Crippen molar-refractivity contribution in [2.75, 3.05) is 37.4 Å². The van der Waals surface area contributed by atoms with Crippen LogP contribution in [0.1, 0.15) is 54.2 Å². The molecule has 4 heterocycles. The second-order valence-corrected chi connectivity index (χ2v) is 10.6. The second kappa shape index (κ2) is 10.7. The Kier molecular flexibility index (Phi) is 6.95. The van der Waals surface area contributed by atoms with Crippen LogP contribution in [-0.4, -0.2) is 57.0 Å². The number of ether oxygens (including phenoxy) is 1. The molecule has 2 aliphatic rings. The fourth-order valence-corrected chi connectivity index (χ4v) is 5.53. The highest BCUT2D eigenvalue weighted by Gasteiger charge is 2.35. The van der Waals surface area contributed by atoms with Crippen LogP contribution in [0, 0.1) is 12.8 Å². The van der Waals surface area contributed by atoms with Crippen molar-refractivity contribution in [2.45, 2.75) is 45.1 Å². The number of carbonyl (C=O) groups excluding carboxylic acids is 1. The minimum Gasteiger partial charge on any atom is -0.477 e. The average molecular weight is 529 g/mol. The molecule has 0 radical (unpaired) electrons. The van der Waals surface area contributed by atoms with Crippen molar-refractivity contribution in [3.05, 3.63) is 47.8 Å². The Morgan fingerprint density at radius 3 is 2.82 bits per heavy atom. The molecule has 1 aliphatic heterocycles. The summed E-state index contributed by atoms with van der Waals surface area (Å²) >= 11 is 0. The maximum Gasteiger partial charge on any atom is 0.258 e. The number of pyridine rings is 1. The highest BCUT2D eigenvalue weighted by atomic mass is 16.5. The first kappa shape index (κ1) is 25.4. The molecule has 1 unspecified atom stereocenters. The van der Waals surface area contributed by atoms with Crippen molar-refractivity contribution in [1.29, 1.82) is 0 Å². The van der Waals surface area contributed by atoms with Crippen molar-refractivity contribution in [3.63, 3.8) is 0 Å². The molecule has 10 heteroatoms. The molecule has 2 bridgehead atoms. The molecule has 1 saturated carbocycles. The van der Waals surface area contributed by atoms with E-state index in [9.17, 15) is 4.79 Å². The predicted molar refractivity (Wildman–Crippen MR) is 152 cm³/mol. The summed E-state index contributed by atoms with van der Waals surface area (Å²) in [5, 5.41) is 14.2. The van der Waals surface area contributed by atoms with Crippen molar-refractivity contribution in [3.8, 4) is 17.1 Å².